The molecular weight excluding hydrogens is 338 g/mol. The predicted octanol–water partition coefficient (Wildman–Crippen LogP) is 3.54. The largest absolute Gasteiger partial charge is 0.319 e. The van der Waals surface area contributed by atoms with Crippen molar-refractivity contribution in [1.82, 2.24) is 4.57 Å². The molecule has 0 bridgehead atoms. The number of hydrogen-bond acceptors (Lipinski definition) is 4. The number of fused-ring (bicyclic) bond motifs is 1. The monoisotopic (exact) mass is 347 g/mol. The molecule has 8 heteroatoms. The minimum absolute atomic E-state index is 0.140. The van der Waals surface area contributed by atoms with Crippen molar-refractivity contribution < 1.29 is 9.72 Å². The number of non-ortho nitro benzene ring substituents is 1. The Morgan fingerprint density at radius 2 is 2.09 bits per heavy atom. The summed E-state index contributed by atoms with van der Waals surface area (Å²) in [5.41, 5.74) is 0.943. The van der Waals surface area contributed by atoms with Crippen molar-refractivity contribution in [2.24, 2.45) is 12.0 Å². The van der Waals surface area contributed by atoms with Crippen molar-refractivity contribution in [3.8, 4) is 0 Å². The van der Waals surface area contributed by atoms with Gasteiger partial charge in [-0.1, -0.05) is 29.0 Å². The summed E-state index contributed by atoms with van der Waals surface area (Å²) in [6.45, 7) is 0. The van der Waals surface area contributed by atoms with Crippen molar-refractivity contribution in [3.63, 3.8) is 0 Å². The lowest BCUT2D eigenvalue weighted by Crippen LogP contribution is -2.13. The number of aromatic nitrogens is 1. The summed E-state index contributed by atoms with van der Waals surface area (Å²) in [5, 5.41) is 11.4. The average molecular weight is 348 g/mol. The second-order valence-corrected chi connectivity index (χ2v) is 6.23. The molecule has 3 aromatic rings. The first-order chi connectivity index (χ1) is 11.0. The van der Waals surface area contributed by atoms with E-state index in [0.717, 1.165) is 10.2 Å². The van der Waals surface area contributed by atoms with Gasteiger partial charge in [0.25, 0.3) is 11.6 Å². The smallest absolute Gasteiger partial charge is 0.279 e. The lowest BCUT2D eigenvalue weighted by molar-refractivity contribution is -0.384. The Kier molecular flexibility index (Phi) is 3.97. The second kappa shape index (κ2) is 5.94. The van der Waals surface area contributed by atoms with Crippen LogP contribution in [-0.4, -0.2) is 15.4 Å². The summed E-state index contributed by atoms with van der Waals surface area (Å²) < 4.78 is 2.69. The molecule has 6 nitrogen and oxygen atoms in total. The number of carbonyl (C=O) groups excluding carboxylic acids is 1. The van der Waals surface area contributed by atoms with Crippen molar-refractivity contribution in [2.75, 3.05) is 0 Å². The van der Waals surface area contributed by atoms with Crippen LogP contribution in [0.2, 0.25) is 5.02 Å². The van der Waals surface area contributed by atoms with Gasteiger partial charge in [-0.05, 0) is 24.3 Å². The summed E-state index contributed by atoms with van der Waals surface area (Å²) >= 11 is 7.29. The molecule has 0 aliphatic heterocycles. The molecule has 0 radical (unpaired) electrons. The molecule has 0 unspecified atom stereocenters. The molecule has 116 valence electrons. The quantitative estimate of drug-likeness (QED) is 0.525. The fourth-order valence-electron chi connectivity index (χ4n) is 2.12. The molecule has 0 spiro atoms. The van der Waals surface area contributed by atoms with E-state index < -0.39 is 10.8 Å². The van der Waals surface area contributed by atoms with Crippen LogP contribution in [0.25, 0.3) is 10.2 Å². The molecule has 0 saturated heterocycles. The fourth-order valence-corrected chi connectivity index (χ4v) is 3.41. The van der Waals surface area contributed by atoms with Crippen LogP contribution in [0.1, 0.15) is 10.4 Å². The number of hydrogen-bond donors (Lipinski definition) is 0. The highest BCUT2D eigenvalue weighted by Gasteiger charge is 2.12. The Balaban J connectivity index is 2.07. The molecule has 2 aromatic carbocycles. The van der Waals surface area contributed by atoms with E-state index in [9.17, 15) is 14.9 Å². The first kappa shape index (κ1) is 15.4. The number of amides is 1. The summed E-state index contributed by atoms with van der Waals surface area (Å²) in [5.74, 6) is -0.526. The van der Waals surface area contributed by atoms with Crippen LogP contribution in [0.15, 0.2) is 47.5 Å². The molecule has 1 heterocycles. The number of rotatable bonds is 2. The van der Waals surface area contributed by atoms with Gasteiger partial charge in [0.05, 0.1) is 15.1 Å². The van der Waals surface area contributed by atoms with Gasteiger partial charge in [0.1, 0.15) is 0 Å². The maximum atomic E-state index is 12.3. The predicted molar refractivity (Wildman–Crippen MR) is 88.8 cm³/mol. The van der Waals surface area contributed by atoms with Gasteiger partial charge in [0.2, 0.25) is 0 Å². The van der Waals surface area contributed by atoms with Gasteiger partial charge in [0.15, 0.2) is 4.80 Å². The van der Waals surface area contributed by atoms with Gasteiger partial charge in [-0.25, -0.2) is 0 Å². The van der Waals surface area contributed by atoms with Crippen LogP contribution in [0, 0.1) is 10.1 Å². The topological polar surface area (TPSA) is 77.5 Å². The van der Waals surface area contributed by atoms with E-state index in [0.29, 0.717) is 9.82 Å². The van der Waals surface area contributed by atoms with E-state index >= 15 is 0 Å². The number of aryl methyl sites for hydroxylation is 1. The molecule has 0 atom stereocenters. The minimum Gasteiger partial charge on any atom is -0.319 e. The highest BCUT2D eigenvalue weighted by atomic mass is 35.5. The third-order valence-electron chi connectivity index (χ3n) is 3.27. The van der Waals surface area contributed by atoms with Gasteiger partial charge in [-0.3, -0.25) is 14.9 Å². The van der Waals surface area contributed by atoms with E-state index in [-0.39, 0.29) is 11.3 Å². The summed E-state index contributed by atoms with van der Waals surface area (Å²) in [6.07, 6.45) is 0. The van der Waals surface area contributed by atoms with Gasteiger partial charge < -0.3 is 4.57 Å². The van der Waals surface area contributed by atoms with Crippen molar-refractivity contribution >= 4 is 44.7 Å². The number of carbonyl (C=O) groups is 1. The average Bonchev–Trinajstić information content (AvgIpc) is 2.82. The van der Waals surface area contributed by atoms with Crippen molar-refractivity contribution in [2.45, 2.75) is 0 Å². The van der Waals surface area contributed by atoms with Crippen LogP contribution >= 0.6 is 22.9 Å². The summed E-state index contributed by atoms with van der Waals surface area (Å²) in [4.78, 5) is 27.1. The van der Waals surface area contributed by atoms with Gasteiger partial charge >= 0.3 is 0 Å². The zero-order valence-corrected chi connectivity index (χ0v) is 13.5. The van der Waals surface area contributed by atoms with Crippen LogP contribution in [0.4, 0.5) is 5.69 Å². The van der Waals surface area contributed by atoms with E-state index in [2.05, 4.69) is 4.99 Å². The normalized spacial score (nSPS) is 11.8. The molecule has 3 rings (SSSR count). The van der Waals surface area contributed by atoms with Gasteiger partial charge in [-0.15, -0.1) is 0 Å². The fraction of sp³-hybridized carbons (Fsp3) is 0.0667. The first-order valence-electron chi connectivity index (χ1n) is 6.54. The zero-order chi connectivity index (χ0) is 16.6. The second-order valence-electron chi connectivity index (χ2n) is 4.78. The number of benzene rings is 2. The lowest BCUT2D eigenvalue weighted by atomic mass is 10.2. The Morgan fingerprint density at radius 3 is 2.83 bits per heavy atom. The molecule has 23 heavy (non-hydrogen) atoms. The zero-order valence-electron chi connectivity index (χ0n) is 11.9. The molecule has 0 N–H and O–H groups in total. The number of thiazole rings is 1. The van der Waals surface area contributed by atoms with Gasteiger partial charge in [-0.2, -0.15) is 4.99 Å². The maximum absolute atomic E-state index is 12.3. The molecule has 0 saturated carbocycles. The Labute approximate surface area is 139 Å². The molecular formula is C15H10ClN3O3S. The van der Waals surface area contributed by atoms with Crippen LogP contribution in [0.5, 0.6) is 0 Å². The van der Waals surface area contributed by atoms with Crippen molar-refractivity contribution in [1.29, 1.82) is 0 Å². The van der Waals surface area contributed by atoms with Crippen molar-refractivity contribution in [3.05, 3.63) is 68.0 Å². The third kappa shape index (κ3) is 3.01. The minimum atomic E-state index is -0.543. The molecule has 0 aliphatic carbocycles. The SMILES string of the molecule is Cn1c(=NC(=O)c2cccc([N+](=O)[O-])c2)sc2cc(Cl)ccc21. The standard InChI is InChI=1S/C15H10ClN3O3S/c1-18-12-6-5-10(16)8-13(12)23-15(18)17-14(20)9-3-2-4-11(7-9)19(21)22/h2-8H,1H3. The highest BCUT2D eigenvalue weighted by Crippen LogP contribution is 2.21. The van der Waals surface area contributed by atoms with Crippen LogP contribution in [0.3, 0.4) is 0 Å². The number of nitrogens with zero attached hydrogens (tertiary/aromatic N) is 3. The number of halogens is 1. The number of nitro groups is 1. The lowest BCUT2D eigenvalue weighted by Gasteiger charge is -1.97. The Morgan fingerprint density at radius 1 is 1.30 bits per heavy atom. The Bertz CT molecular complexity index is 1010. The third-order valence-corrected chi connectivity index (χ3v) is 4.60. The van der Waals surface area contributed by atoms with E-state index in [1.165, 1.54) is 35.6 Å². The summed E-state index contributed by atoms with van der Waals surface area (Å²) in [7, 11) is 1.80. The van der Waals surface area contributed by atoms with E-state index in [1.54, 1.807) is 23.7 Å². The number of nitro benzene ring substituents is 1. The summed E-state index contributed by atoms with van der Waals surface area (Å²) in [6, 6.07) is 10.9. The maximum Gasteiger partial charge on any atom is 0.279 e. The molecule has 0 aliphatic rings. The van der Waals surface area contributed by atoms with Crippen LogP contribution < -0.4 is 4.80 Å². The highest BCUT2D eigenvalue weighted by molar-refractivity contribution is 7.16. The molecule has 1 aromatic heterocycles. The molecule has 1 amide bonds. The van der Waals surface area contributed by atoms with E-state index in [1.807, 2.05) is 6.07 Å². The first-order valence-corrected chi connectivity index (χ1v) is 7.74. The van der Waals surface area contributed by atoms with Gasteiger partial charge in [0, 0.05) is 29.8 Å². The Hall–Kier alpha value is -2.51. The van der Waals surface area contributed by atoms with Crippen LogP contribution in [-0.2, 0) is 7.05 Å². The van der Waals surface area contributed by atoms with E-state index in [4.69, 9.17) is 11.6 Å². The molecule has 0 fully saturated rings.